The molecule has 2 aliphatic rings. The van der Waals surface area contributed by atoms with E-state index in [1.165, 1.54) is 57.1 Å². The Labute approximate surface area is 129 Å². The zero-order valence-electron chi connectivity index (χ0n) is 13.5. The normalized spacial score (nSPS) is 27.9. The maximum absolute atomic E-state index is 5.49. The highest BCUT2D eigenvalue weighted by Crippen LogP contribution is 2.42. The van der Waals surface area contributed by atoms with E-state index < -0.39 is 0 Å². The number of methoxy groups -OCH3 is 1. The summed E-state index contributed by atoms with van der Waals surface area (Å²) < 4.78 is 5.49. The van der Waals surface area contributed by atoms with Crippen molar-refractivity contribution in [3.63, 3.8) is 0 Å². The minimum Gasteiger partial charge on any atom is -0.496 e. The Hall–Kier alpha value is -1.02. The Morgan fingerprint density at radius 1 is 1.14 bits per heavy atom. The molecule has 0 aromatic heterocycles. The number of benzene rings is 1. The van der Waals surface area contributed by atoms with Crippen molar-refractivity contribution in [2.75, 3.05) is 13.7 Å². The number of hydrogen-bond acceptors (Lipinski definition) is 2. The van der Waals surface area contributed by atoms with Crippen LogP contribution in [0.4, 0.5) is 0 Å². The number of nitrogens with one attached hydrogen (secondary N) is 1. The van der Waals surface area contributed by atoms with Gasteiger partial charge in [0.15, 0.2) is 0 Å². The van der Waals surface area contributed by atoms with Crippen molar-refractivity contribution in [1.29, 1.82) is 0 Å². The first kappa shape index (κ1) is 14.9. The van der Waals surface area contributed by atoms with Gasteiger partial charge in [0.05, 0.1) is 7.11 Å². The molecule has 0 amide bonds. The molecule has 0 bridgehead atoms. The summed E-state index contributed by atoms with van der Waals surface area (Å²) in [6.45, 7) is 3.67. The number of ether oxygens (including phenoxy) is 1. The van der Waals surface area contributed by atoms with Crippen LogP contribution in [0, 0.1) is 5.41 Å². The van der Waals surface area contributed by atoms with E-state index in [-0.39, 0.29) is 0 Å². The third kappa shape index (κ3) is 3.42. The lowest BCUT2D eigenvalue weighted by molar-refractivity contribution is 0.178. The monoisotopic (exact) mass is 287 g/mol. The van der Waals surface area contributed by atoms with Gasteiger partial charge in [0, 0.05) is 12.6 Å². The highest BCUT2D eigenvalue weighted by Gasteiger charge is 2.34. The molecule has 1 aromatic rings. The lowest BCUT2D eigenvalue weighted by atomic mass is 9.73. The van der Waals surface area contributed by atoms with E-state index in [0.29, 0.717) is 17.4 Å². The minimum atomic E-state index is 0.549. The SMILES string of the molecule is COc1ccccc1C1CC(NCC2(C)CCCCC2)C1. The molecule has 3 rings (SSSR count). The van der Waals surface area contributed by atoms with Crippen molar-refractivity contribution < 1.29 is 4.74 Å². The predicted octanol–water partition coefficient (Wildman–Crippen LogP) is 4.50. The van der Waals surface area contributed by atoms with Crippen molar-refractivity contribution in [2.45, 2.75) is 63.8 Å². The first-order valence-electron chi connectivity index (χ1n) is 8.56. The van der Waals surface area contributed by atoms with Gasteiger partial charge in [0.2, 0.25) is 0 Å². The second kappa shape index (κ2) is 6.39. The molecule has 21 heavy (non-hydrogen) atoms. The Kier molecular flexibility index (Phi) is 4.54. The Morgan fingerprint density at radius 2 is 1.86 bits per heavy atom. The van der Waals surface area contributed by atoms with Crippen molar-refractivity contribution in [3.05, 3.63) is 29.8 Å². The number of hydrogen-bond donors (Lipinski definition) is 1. The van der Waals surface area contributed by atoms with E-state index in [1.807, 2.05) is 0 Å². The molecule has 0 radical (unpaired) electrons. The van der Waals surface area contributed by atoms with Gasteiger partial charge in [-0.3, -0.25) is 0 Å². The van der Waals surface area contributed by atoms with Gasteiger partial charge in [-0.1, -0.05) is 44.4 Å². The fraction of sp³-hybridized carbons (Fsp3) is 0.684. The van der Waals surface area contributed by atoms with Crippen LogP contribution >= 0.6 is 0 Å². The van der Waals surface area contributed by atoms with Gasteiger partial charge in [-0.05, 0) is 48.6 Å². The second-order valence-corrected chi connectivity index (χ2v) is 7.36. The zero-order valence-corrected chi connectivity index (χ0v) is 13.5. The van der Waals surface area contributed by atoms with Gasteiger partial charge >= 0.3 is 0 Å². The van der Waals surface area contributed by atoms with Gasteiger partial charge in [0.1, 0.15) is 5.75 Å². The first-order chi connectivity index (χ1) is 10.2. The molecule has 2 nitrogen and oxygen atoms in total. The highest BCUT2D eigenvalue weighted by atomic mass is 16.5. The van der Waals surface area contributed by atoms with Gasteiger partial charge in [-0.15, -0.1) is 0 Å². The summed E-state index contributed by atoms with van der Waals surface area (Å²) in [7, 11) is 1.77. The molecule has 1 N–H and O–H groups in total. The molecule has 0 saturated heterocycles. The first-order valence-corrected chi connectivity index (χ1v) is 8.56. The van der Waals surface area contributed by atoms with Gasteiger partial charge in [-0.2, -0.15) is 0 Å². The largest absolute Gasteiger partial charge is 0.496 e. The zero-order chi connectivity index (χ0) is 14.7. The molecule has 116 valence electrons. The van der Waals surface area contributed by atoms with Gasteiger partial charge in [-0.25, -0.2) is 0 Å². The van der Waals surface area contributed by atoms with Gasteiger partial charge < -0.3 is 10.1 Å². The molecule has 1 aromatic carbocycles. The van der Waals surface area contributed by atoms with Crippen LogP contribution in [0.25, 0.3) is 0 Å². The number of para-hydroxylation sites is 1. The average molecular weight is 287 g/mol. The van der Waals surface area contributed by atoms with Crippen LogP contribution in [0.2, 0.25) is 0 Å². The van der Waals surface area contributed by atoms with Crippen LogP contribution in [0.3, 0.4) is 0 Å². The van der Waals surface area contributed by atoms with Crippen LogP contribution in [-0.2, 0) is 0 Å². The van der Waals surface area contributed by atoms with Crippen LogP contribution in [0.15, 0.2) is 24.3 Å². The summed E-state index contributed by atoms with van der Waals surface area (Å²) in [6.07, 6.45) is 9.62. The molecule has 2 saturated carbocycles. The second-order valence-electron chi connectivity index (χ2n) is 7.36. The summed E-state index contributed by atoms with van der Waals surface area (Å²) in [5, 5.41) is 3.83. The van der Waals surface area contributed by atoms with Crippen molar-refractivity contribution in [1.82, 2.24) is 5.32 Å². The van der Waals surface area contributed by atoms with Crippen molar-refractivity contribution in [3.8, 4) is 5.75 Å². The fourth-order valence-electron chi connectivity index (χ4n) is 4.01. The third-order valence-corrected chi connectivity index (χ3v) is 5.59. The van der Waals surface area contributed by atoms with Crippen LogP contribution in [0.1, 0.15) is 63.4 Å². The van der Waals surface area contributed by atoms with Crippen LogP contribution < -0.4 is 10.1 Å². The smallest absolute Gasteiger partial charge is 0.122 e. The van der Waals surface area contributed by atoms with E-state index >= 15 is 0 Å². The Balaban J connectivity index is 1.47. The molecular formula is C19H29NO. The van der Waals surface area contributed by atoms with Crippen LogP contribution in [0.5, 0.6) is 5.75 Å². The lowest BCUT2D eigenvalue weighted by Crippen LogP contribution is -2.45. The highest BCUT2D eigenvalue weighted by molar-refractivity contribution is 5.37. The molecule has 2 aliphatic carbocycles. The maximum atomic E-state index is 5.49. The quantitative estimate of drug-likeness (QED) is 0.861. The van der Waals surface area contributed by atoms with Crippen LogP contribution in [-0.4, -0.2) is 19.7 Å². The molecule has 2 heteroatoms. The summed E-state index contributed by atoms with van der Waals surface area (Å²) in [5.74, 6) is 1.73. The molecule has 0 atom stereocenters. The number of rotatable bonds is 5. The molecule has 0 heterocycles. The lowest BCUT2D eigenvalue weighted by Gasteiger charge is -2.41. The summed E-state index contributed by atoms with van der Waals surface area (Å²) >= 11 is 0. The summed E-state index contributed by atoms with van der Waals surface area (Å²) in [5.41, 5.74) is 1.94. The minimum absolute atomic E-state index is 0.549. The summed E-state index contributed by atoms with van der Waals surface area (Å²) in [4.78, 5) is 0. The maximum Gasteiger partial charge on any atom is 0.122 e. The van der Waals surface area contributed by atoms with Crippen molar-refractivity contribution in [2.24, 2.45) is 5.41 Å². The van der Waals surface area contributed by atoms with E-state index in [4.69, 9.17) is 4.74 Å². The topological polar surface area (TPSA) is 21.3 Å². The summed E-state index contributed by atoms with van der Waals surface area (Å²) in [6, 6.07) is 9.20. The molecule has 0 spiro atoms. The Bertz CT molecular complexity index is 458. The van der Waals surface area contributed by atoms with E-state index in [1.54, 1.807) is 7.11 Å². The molecule has 0 unspecified atom stereocenters. The Morgan fingerprint density at radius 3 is 2.57 bits per heavy atom. The average Bonchev–Trinajstić information content (AvgIpc) is 2.47. The van der Waals surface area contributed by atoms with Crippen molar-refractivity contribution >= 4 is 0 Å². The third-order valence-electron chi connectivity index (χ3n) is 5.59. The molecule has 0 aliphatic heterocycles. The predicted molar refractivity (Wildman–Crippen MR) is 88.0 cm³/mol. The van der Waals surface area contributed by atoms with E-state index in [0.717, 1.165) is 5.75 Å². The van der Waals surface area contributed by atoms with Gasteiger partial charge in [0.25, 0.3) is 0 Å². The van der Waals surface area contributed by atoms with E-state index in [9.17, 15) is 0 Å². The molecular weight excluding hydrogens is 258 g/mol. The molecule has 2 fully saturated rings. The standard InChI is InChI=1S/C19H29NO/c1-19(10-6-3-7-11-19)14-20-16-12-15(13-16)17-8-4-5-9-18(17)21-2/h4-5,8-9,15-16,20H,3,6-7,10-14H2,1-2H3. The van der Waals surface area contributed by atoms with E-state index in [2.05, 4.69) is 36.5 Å². The fourth-order valence-corrected chi connectivity index (χ4v) is 4.01.